The molecule has 0 aliphatic heterocycles. The lowest BCUT2D eigenvalue weighted by atomic mass is 10.00. The van der Waals surface area contributed by atoms with Crippen molar-refractivity contribution in [3.63, 3.8) is 0 Å². The molecular formula is C32H37F2N5O3. The maximum Gasteiger partial charge on any atom is 0.251 e. The van der Waals surface area contributed by atoms with Gasteiger partial charge in [0, 0.05) is 38.3 Å². The number of oxazole rings is 1. The van der Waals surface area contributed by atoms with Crippen LogP contribution in [-0.2, 0) is 19.4 Å². The van der Waals surface area contributed by atoms with Gasteiger partial charge in [-0.15, -0.1) is 0 Å². The molecule has 8 nitrogen and oxygen atoms in total. The molecule has 222 valence electrons. The molecule has 2 aromatic heterocycles. The van der Waals surface area contributed by atoms with Gasteiger partial charge in [0.15, 0.2) is 0 Å². The summed E-state index contributed by atoms with van der Waals surface area (Å²) in [5, 5.41) is 17.3. The van der Waals surface area contributed by atoms with Crippen molar-refractivity contribution < 1.29 is 23.1 Å². The average molecular weight is 578 g/mol. The number of amides is 1. The Bertz CT molecular complexity index is 1440. The molecule has 4 rings (SSSR count). The van der Waals surface area contributed by atoms with Gasteiger partial charge < -0.3 is 25.1 Å². The molecule has 0 spiro atoms. The van der Waals surface area contributed by atoms with E-state index in [-0.39, 0.29) is 24.4 Å². The fourth-order valence-electron chi connectivity index (χ4n) is 4.74. The zero-order valence-electron chi connectivity index (χ0n) is 24.1. The lowest BCUT2D eigenvalue weighted by Crippen LogP contribution is -2.48. The number of aromatic nitrogens is 2. The molecule has 2 atom stereocenters. The second-order valence-corrected chi connectivity index (χ2v) is 10.3. The van der Waals surface area contributed by atoms with Crippen LogP contribution in [0.1, 0.15) is 47.3 Å². The van der Waals surface area contributed by atoms with Crippen LogP contribution < -0.4 is 15.5 Å². The number of nitrogens with one attached hydrogen (secondary N) is 2. The number of rotatable bonds is 14. The predicted molar refractivity (Wildman–Crippen MR) is 158 cm³/mol. The van der Waals surface area contributed by atoms with Crippen LogP contribution in [0.2, 0.25) is 0 Å². The summed E-state index contributed by atoms with van der Waals surface area (Å²) in [7, 11) is 1.87. The molecule has 1 amide bonds. The Labute approximate surface area is 244 Å². The zero-order valence-corrected chi connectivity index (χ0v) is 24.1. The number of anilines is 1. The molecule has 0 bridgehead atoms. The summed E-state index contributed by atoms with van der Waals surface area (Å²) in [5.41, 5.74) is 3.24. The Kier molecular flexibility index (Phi) is 10.7. The van der Waals surface area contributed by atoms with Crippen LogP contribution in [0.25, 0.3) is 11.6 Å². The number of aryl methyl sites for hydroxylation is 1. The van der Waals surface area contributed by atoms with Crippen molar-refractivity contribution in [2.45, 2.75) is 51.8 Å². The summed E-state index contributed by atoms with van der Waals surface area (Å²) in [6.45, 7) is 5.49. The highest BCUT2D eigenvalue weighted by molar-refractivity contribution is 5.96. The standard InChI is InChI=1S/C32H37F2N5O3/c1-4-10-39(3)30-17-24(16-28(37-30)32-36-9-11-42-32)31(41)38-27(15-23-13-25(33)18-26(34)14-23)29(40)20-35-19-22-8-6-7-21(5-2)12-22/h6-9,11-14,16-18,27,29,35,40H,4-5,10,15,19-20H2,1-3H3,(H,38,41)/t27-,29+/m0/s1. The van der Waals surface area contributed by atoms with Crippen LogP contribution >= 0.6 is 0 Å². The van der Waals surface area contributed by atoms with Gasteiger partial charge in [0.25, 0.3) is 5.91 Å². The Hall–Kier alpha value is -4.15. The second-order valence-electron chi connectivity index (χ2n) is 10.3. The highest BCUT2D eigenvalue weighted by Gasteiger charge is 2.24. The number of aliphatic hydroxyl groups is 1. The Morgan fingerprint density at radius 1 is 1.05 bits per heavy atom. The van der Waals surface area contributed by atoms with Gasteiger partial charge in [-0.05, 0) is 60.2 Å². The monoisotopic (exact) mass is 577 g/mol. The number of halogens is 2. The van der Waals surface area contributed by atoms with E-state index in [4.69, 9.17) is 4.42 Å². The minimum Gasteiger partial charge on any atom is -0.443 e. The minimum atomic E-state index is -1.06. The number of benzene rings is 2. The van der Waals surface area contributed by atoms with Crippen LogP contribution in [0, 0.1) is 11.6 Å². The maximum atomic E-state index is 14.0. The normalized spacial score (nSPS) is 12.6. The van der Waals surface area contributed by atoms with E-state index in [1.807, 2.05) is 31.0 Å². The van der Waals surface area contributed by atoms with E-state index in [0.717, 1.165) is 24.5 Å². The number of nitrogens with zero attached hydrogens (tertiary/aromatic N) is 3. The van der Waals surface area contributed by atoms with Crippen molar-refractivity contribution in [2.75, 3.05) is 25.0 Å². The van der Waals surface area contributed by atoms with Crippen LogP contribution in [0.15, 0.2) is 71.5 Å². The Balaban J connectivity index is 1.56. The third-order valence-corrected chi connectivity index (χ3v) is 6.92. The average Bonchev–Trinajstić information content (AvgIpc) is 3.51. The largest absolute Gasteiger partial charge is 0.443 e. The first-order valence-corrected chi connectivity index (χ1v) is 14.1. The number of carbonyl (C=O) groups excluding carboxylic acids is 1. The second kappa shape index (κ2) is 14.7. The summed E-state index contributed by atoms with van der Waals surface area (Å²) < 4.78 is 33.4. The molecule has 0 radical (unpaired) electrons. The smallest absolute Gasteiger partial charge is 0.251 e. The highest BCUT2D eigenvalue weighted by atomic mass is 19.1. The molecule has 0 aliphatic carbocycles. The fourth-order valence-corrected chi connectivity index (χ4v) is 4.74. The number of hydrogen-bond acceptors (Lipinski definition) is 7. The van der Waals surface area contributed by atoms with Gasteiger partial charge in [-0.1, -0.05) is 38.1 Å². The molecule has 3 N–H and O–H groups in total. The van der Waals surface area contributed by atoms with Crippen LogP contribution in [-0.4, -0.2) is 53.3 Å². The Morgan fingerprint density at radius 3 is 2.50 bits per heavy atom. The lowest BCUT2D eigenvalue weighted by Gasteiger charge is -2.25. The summed E-state index contributed by atoms with van der Waals surface area (Å²) in [4.78, 5) is 24.3. The van der Waals surface area contributed by atoms with E-state index in [0.29, 0.717) is 30.2 Å². The van der Waals surface area contributed by atoms with Crippen molar-refractivity contribution in [3.8, 4) is 11.6 Å². The third-order valence-electron chi connectivity index (χ3n) is 6.92. The maximum absolute atomic E-state index is 14.0. The molecule has 0 unspecified atom stereocenters. The van der Waals surface area contributed by atoms with Crippen molar-refractivity contribution in [1.29, 1.82) is 0 Å². The Morgan fingerprint density at radius 2 is 1.81 bits per heavy atom. The van der Waals surface area contributed by atoms with E-state index < -0.39 is 29.7 Å². The molecule has 2 aromatic carbocycles. The van der Waals surface area contributed by atoms with Gasteiger partial charge in [0.05, 0.1) is 18.3 Å². The van der Waals surface area contributed by atoms with Gasteiger partial charge in [0.1, 0.15) is 29.4 Å². The molecule has 4 aromatic rings. The van der Waals surface area contributed by atoms with Crippen LogP contribution in [0.4, 0.5) is 14.6 Å². The first kappa shape index (κ1) is 30.8. The zero-order chi connectivity index (χ0) is 30.1. The fraction of sp³-hybridized carbons (Fsp3) is 0.344. The molecule has 0 aliphatic rings. The summed E-state index contributed by atoms with van der Waals surface area (Å²) in [6.07, 6.45) is 3.65. The van der Waals surface area contributed by atoms with E-state index in [1.54, 1.807) is 12.1 Å². The van der Waals surface area contributed by atoms with E-state index >= 15 is 0 Å². The summed E-state index contributed by atoms with van der Waals surface area (Å²) >= 11 is 0. The third kappa shape index (κ3) is 8.43. The number of aliphatic hydroxyl groups excluding tert-OH is 1. The van der Waals surface area contributed by atoms with Crippen molar-refractivity contribution in [3.05, 3.63) is 101 Å². The molecule has 42 heavy (non-hydrogen) atoms. The van der Waals surface area contributed by atoms with Gasteiger partial charge in [-0.3, -0.25) is 4.79 Å². The molecule has 0 fully saturated rings. The van der Waals surface area contributed by atoms with Crippen molar-refractivity contribution >= 4 is 11.7 Å². The first-order valence-electron chi connectivity index (χ1n) is 14.1. The number of carbonyl (C=O) groups is 1. The molecule has 10 heteroatoms. The summed E-state index contributed by atoms with van der Waals surface area (Å²) in [5.74, 6) is -1.12. The van der Waals surface area contributed by atoms with E-state index in [1.165, 1.54) is 30.2 Å². The van der Waals surface area contributed by atoms with Crippen molar-refractivity contribution in [1.82, 2.24) is 20.6 Å². The van der Waals surface area contributed by atoms with Gasteiger partial charge in [-0.25, -0.2) is 18.7 Å². The number of pyridine rings is 1. The van der Waals surface area contributed by atoms with Crippen molar-refractivity contribution in [2.24, 2.45) is 0 Å². The minimum absolute atomic E-state index is 0.00879. The van der Waals surface area contributed by atoms with Gasteiger partial charge in [-0.2, -0.15) is 0 Å². The van der Waals surface area contributed by atoms with Crippen LogP contribution in [0.3, 0.4) is 0 Å². The van der Waals surface area contributed by atoms with Gasteiger partial charge in [0.2, 0.25) is 5.89 Å². The van der Waals surface area contributed by atoms with Gasteiger partial charge >= 0.3 is 0 Å². The molecule has 2 heterocycles. The topological polar surface area (TPSA) is 104 Å². The summed E-state index contributed by atoms with van der Waals surface area (Å²) in [6, 6.07) is 13.7. The molecule has 0 saturated heterocycles. The quantitative estimate of drug-likeness (QED) is 0.196. The first-order chi connectivity index (χ1) is 20.2. The van der Waals surface area contributed by atoms with E-state index in [9.17, 15) is 18.7 Å². The molecule has 0 saturated carbocycles. The lowest BCUT2D eigenvalue weighted by molar-refractivity contribution is 0.0830. The SMILES string of the molecule is CCCN(C)c1cc(C(=O)N[C@@H](Cc2cc(F)cc(F)c2)[C@H](O)CNCc2cccc(CC)c2)cc(-c2ncco2)n1. The van der Waals surface area contributed by atoms with E-state index in [2.05, 4.69) is 39.7 Å². The molecular weight excluding hydrogens is 540 g/mol. The number of hydrogen-bond donors (Lipinski definition) is 3. The van der Waals surface area contributed by atoms with Crippen LogP contribution in [0.5, 0.6) is 0 Å². The highest BCUT2D eigenvalue weighted by Crippen LogP contribution is 2.22. The predicted octanol–water partition coefficient (Wildman–Crippen LogP) is 4.92.